The number of carbonyl (C=O) groups excluding carboxylic acids is 1. The highest BCUT2D eigenvalue weighted by Gasteiger charge is 2.20. The predicted octanol–water partition coefficient (Wildman–Crippen LogP) is 4.04. The van der Waals surface area contributed by atoms with Crippen LogP contribution in [-0.4, -0.2) is 29.5 Å². The van der Waals surface area contributed by atoms with Gasteiger partial charge in [-0.25, -0.2) is 9.37 Å². The number of rotatable bonds is 6. The van der Waals surface area contributed by atoms with Crippen molar-refractivity contribution >= 4 is 38.4 Å². The molecule has 0 aliphatic rings. The predicted molar refractivity (Wildman–Crippen MR) is 105 cm³/mol. The maximum Gasteiger partial charge on any atom is 0.261 e. The molecular formula is C20H18FN3O2S. The van der Waals surface area contributed by atoms with Crippen molar-refractivity contribution in [3.05, 3.63) is 64.5 Å². The van der Waals surface area contributed by atoms with E-state index in [1.165, 1.54) is 24.5 Å². The normalized spacial score (nSPS) is 11.3. The van der Waals surface area contributed by atoms with Crippen LogP contribution in [0.1, 0.15) is 21.1 Å². The minimum atomic E-state index is -0.336. The Morgan fingerprint density at radius 3 is 2.93 bits per heavy atom. The van der Waals surface area contributed by atoms with Gasteiger partial charge in [-0.05, 0) is 24.3 Å². The molecule has 0 bridgehead atoms. The molecular weight excluding hydrogens is 365 g/mol. The zero-order chi connectivity index (χ0) is 18.8. The van der Waals surface area contributed by atoms with Crippen LogP contribution in [0.25, 0.3) is 21.1 Å². The summed E-state index contributed by atoms with van der Waals surface area (Å²) in [5.41, 5.74) is 2.47. The van der Waals surface area contributed by atoms with E-state index in [9.17, 15) is 9.18 Å². The molecule has 2 N–H and O–H groups in total. The van der Waals surface area contributed by atoms with Crippen LogP contribution in [0.2, 0.25) is 0 Å². The first-order valence-electron chi connectivity index (χ1n) is 8.58. The summed E-state index contributed by atoms with van der Waals surface area (Å²) >= 11 is 1.28. The fourth-order valence-corrected chi connectivity index (χ4v) is 4.27. The Hall–Kier alpha value is -2.77. The third kappa shape index (κ3) is 3.43. The summed E-state index contributed by atoms with van der Waals surface area (Å²) in [7, 11) is 1.54. The van der Waals surface area contributed by atoms with Crippen LogP contribution in [0.15, 0.2) is 42.5 Å². The monoisotopic (exact) mass is 383 g/mol. The van der Waals surface area contributed by atoms with Gasteiger partial charge in [0, 0.05) is 35.7 Å². The number of halogens is 1. The van der Waals surface area contributed by atoms with Gasteiger partial charge < -0.3 is 15.0 Å². The Bertz CT molecular complexity index is 1090. The number of ether oxygens (including phenoxy) is 1. The molecule has 138 valence electrons. The number of methoxy groups -OCH3 is 1. The molecule has 4 rings (SSSR count). The zero-order valence-corrected chi connectivity index (χ0v) is 15.5. The van der Waals surface area contributed by atoms with Gasteiger partial charge in [0.25, 0.3) is 5.91 Å². The number of nitrogens with one attached hydrogen (secondary N) is 2. The van der Waals surface area contributed by atoms with Crippen LogP contribution in [0.4, 0.5) is 4.39 Å². The summed E-state index contributed by atoms with van der Waals surface area (Å²) in [6, 6.07) is 12.7. The van der Waals surface area contributed by atoms with E-state index in [0.717, 1.165) is 21.6 Å². The van der Waals surface area contributed by atoms with Crippen LogP contribution in [0.5, 0.6) is 0 Å². The van der Waals surface area contributed by atoms with Crippen molar-refractivity contribution in [2.24, 2.45) is 0 Å². The highest BCUT2D eigenvalue weighted by molar-refractivity contribution is 7.21. The maximum absolute atomic E-state index is 14.2. The van der Waals surface area contributed by atoms with Gasteiger partial charge in [-0.15, -0.1) is 11.3 Å². The number of nitrogens with zero attached hydrogens (tertiary/aromatic N) is 1. The number of aromatic nitrogens is 2. The molecule has 1 amide bonds. The molecule has 0 unspecified atom stereocenters. The first kappa shape index (κ1) is 17.6. The zero-order valence-electron chi connectivity index (χ0n) is 14.7. The summed E-state index contributed by atoms with van der Waals surface area (Å²) in [6.07, 6.45) is 0.583. The average Bonchev–Trinajstić information content (AvgIpc) is 3.24. The molecule has 2 aromatic heterocycles. The lowest BCUT2D eigenvalue weighted by Crippen LogP contribution is -2.26. The van der Waals surface area contributed by atoms with Crippen LogP contribution < -0.4 is 5.32 Å². The maximum atomic E-state index is 14.2. The van der Waals surface area contributed by atoms with Gasteiger partial charge in [-0.1, -0.05) is 18.2 Å². The number of amides is 1. The largest absolute Gasteiger partial charge is 0.380 e. The third-order valence-corrected chi connectivity index (χ3v) is 5.54. The molecule has 0 spiro atoms. The Morgan fingerprint density at radius 2 is 2.11 bits per heavy atom. The molecule has 0 fully saturated rings. The second kappa shape index (κ2) is 7.46. The smallest absolute Gasteiger partial charge is 0.261 e. The highest BCUT2D eigenvalue weighted by atomic mass is 32.1. The number of hydrogen-bond donors (Lipinski definition) is 2. The number of thiophene rings is 1. The van der Waals surface area contributed by atoms with E-state index >= 15 is 0 Å². The van der Waals surface area contributed by atoms with Crippen LogP contribution in [0.3, 0.4) is 0 Å². The first-order chi connectivity index (χ1) is 13.2. The number of aromatic amines is 1. The summed E-state index contributed by atoms with van der Waals surface area (Å²) < 4.78 is 20.2. The number of H-pyrrole nitrogens is 1. The van der Waals surface area contributed by atoms with E-state index in [1.54, 1.807) is 6.07 Å². The van der Waals surface area contributed by atoms with E-state index in [1.807, 2.05) is 30.3 Å². The second-order valence-corrected chi connectivity index (χ2v) is 7.21. The molecule has 0 saturated carbocycles. The summed E-state index contributed by atoms with van der Waals surface area (Å²) in [5, 5.41) is 3.37. The molecule has 7 heteroatoms. The van der Waals surface area contributed by atoms with E-state index in [2.05, 4.69) is 15.3 Å². The fourth-order valence-electron chi connectivity index (χ4n) is 3.13. The summed E-state index contributed by atoms with van der Waals surface area (Å²) in [5.74, 6) is 0.256. The van der Waals surface area contributed by atoms with Crippen molar-refractivity contribution in [2.45, 2.75) is 13.0 Å². The van der Waals surface area contributed by atoms with Crippen molar-refractivity contribution in [1.82, 2.24) is 15.3 Å². The SMILES string of the molecule is COCc1c(C(=O)NCCc2nc3ccccc3[nH]2)sc2cccc(F)c12. The minimum Gasteiger partial charge on any atom is -0.380 e. The Kier molecular flexibility index (Phi) is 4.87. The molecule has 5 nitrogen and oxygen atoms in total. The van der Waals surface area contributed by atoms with Gasteiger partial charge in [0.05, 0.1) is 22.5 Å². The minimum absolute atomic E-state index is 0.188. The summed E-state index contributed by atoms with van der Waals surface area (Å²) in [4.78, 5) is 20.9. The molecule has 2 heterocycles. The lowest BCUT2D eigenvalue weighted by molar-refractivity contribution is 0.0954. The Morgan fingerprint density at radius 1 is 1.26 bits per heavy atom. The van der Waals surface area contributed by atoms with Gasteiger partial charge >= 0.3 is 0 Å². The molecule has 27 heavy (non-hydrogen) atoms. The van der Waals surface area contributed by atoms with Gasteiger partial charge in [0.2, 0.25) is 0 Å². The van der Waals surface area contributed by atoms with Crippen molar-refractivity contribution in [3.8, 4) is 0 Å². The molecule has 4 aromatic rings. The number of imidazole rings is 1. The van der Waals surface area contributed by atoms with Crippen molar-refractivity contribution in [1.29, 1.82) is 0 Å². The second-order valence-electron chi connectivity index (χ2n) is 6.16. The van der Waals surface area contributed by atoms with Crippen molar-refractivity contribution < 1.29 is 13.9 Å². The number of benzene rings is 2. The van der Waals surface area contributed by atoms with Gasteiger partial charge in [-0.2, -0.15) is 0 Å². The average molecular weight is 383 g/mol. The van der Waals surface area contributed by atoms with Gasteiger partial charge in [0.1, 0.15) is 11.6 Å². The lowest BCUT2D eigenvalue weighted by atomic mass is 10.1. The quantitative estimate of drug-likeness (QED) is 0.528. The van der Waals surface area contributed by atoms with E-state index in [4.69, 9.17) is 4.74 Å². The van der Waals surface area contributed by atoms with Crippen LogP contribution in [0, 0.1) is 5.82 Å². The van der Waals surface area contributed by atoms with E-state index < -0.39 is 0 Å². The topological polar surface area (TPSA) is 67.0 Å². The fraction of sp³-hybridized carbons (Fsp3) is 0.200. The van der Waals surface area contributed by atoms with Gasteiger partial charge in [-0.3, -0.25) is 4.79 Å². The molecule has 0 aliphatic heterocycles. The van der Waals surface area contributed by atoms with Crippen LogP contribution >= 0.6 is 11.3 Å². The van der Waals surface area contributed by atoms with Crippen LogP contribution in [-0.2, 0) is 17.8 Å². The highest BCUT2D eigenvalue weighted by Crippen LogP contribution is 2.33. The number of fused-ring (bicyclic) bond motifs is 2. The molecule has 0 saturated heterocycles. The van der Waals surface area contributed by atoms with Crippen molar-refractivity contribution in [3.63, 3.8) is 0 Å². The van der Waals surface area contributed by atoms with E-state index in [0.29, 0.717) is 28.8 Å². The van der Waals surface area contributed by atoms with Gasteiger partial charge in [0.15, 0.2) is 0 Å². The molecule has 2 aromatic carbocycles. The standard InChI is InChI=1S/C20H18FN3O2S/c1-26-11-12-18-13(21)5-4-8-16(18)27-19(12)20(25)22-10-9-17-23-14-6-2-3-7-15(14)24-17/h2-8H,9-11H2,1H3,(H,22,25)(H,23,24). The summed E-state index contributed by atoms with van der Waals surface area (Å²) in [6.45, 7) is 0.620. The molecule has 0 radical (unpaired) electrons. The number of para-hydroxylation sites is 2. The third-order valence-electron chi connectivity index (χ3n) is 4.34. The lowest BCUT2D eigenvalue weighted by Gasteiger charge is -2.05. The first-order valence-corrected chi connectivity index (χ1v) is 9.39. The Labute approximate surface area is 159 Å². The van der Waals surface area contributed by atoms with Crippen molar-refractivity contribution in [2.75, 3.05) is 13.7 Å². The number of carbonyl (C=O) groups is 1. The molecule has 0 atom stereocenters. The number of hydrogen-bond acceptors (Lipinski definition) is 4. The van der Waals surface area contributed by atoms with E-state index in [-0.39, 0.29) is 18.3 Å². The molecule has 0 aliphatic carbocycles. The Balaban J connectivity index is 1.51.